The molecule has 1 fully saturated rings. The Kier molecular flexibility index (Phi) is 1.80. The van der Waals surface area contributed by atoms with E-state index >= 15 is 0 Å². The van der Waals surface area contributed by atoms with Crippen LogP contribution in [0.15, 0.2) is 12.2 Å². The number of carbonyl (C=O) groups is 1. The van der Waals surface area contributed by atoms with Crippen molar-refractivity contribution < 1.29 is 9.53 Å². The molecule has 1 aliphatic carbocycles. The molecule has 0 radical (unpaired) electrons. The molecule has 12 heavy (non-hydrogen) atoms. The van der Waals surface area contributed by atoms with E-state index in [9.17, 15) is 4.79 Å². The van der Waals surface area contributed by atoms with Gasteiger partial charge in [-0.1, -0.05) is 6.08 Å². The summed E-state index contributed by atoms with van der Waals surface area (Å²) in [5.41, 5.74) is -0.447. The summed E-state index contributed by atoms with van der Waals surface area (Å²) in [6.07, 6.45) is 7.75. The molecule has 1 heterocycles. The van der Waals surface area contributed by atoms with Gasteiger partial charge in [0.05, 0.1) is 6.10 Å². The SMILES string of the molecule is CC1CCCC2(CC=CC2=O)O1. The van der Waals surface area contributed by atoms with Crippen molar-refractivity contribution in [2.45, 2.75) is 44.3 Å². The van der Waals surface area contributed by atoms with Crippen LogP contribution >= 0.6 is 0 Å². The Morgan fingerprint density at radius 1 is 1.67 bits per heavy atom. The van der Waals surface area contributed by atoms with Crippen LogP contribution in [0.2, 0.25) is 0 Å². The van der Waals surface area contributed by atoms with Gasteiger partial charge in [-0.15, -0.1) is 0 Å². The number of hydrogen-bond donors (Lipinski definition) is 0. The van der Waals surface area contributed by atoms with Gasteiger partial charge in [-0.25, -0.2) is 0 Å². The molecule has 0 aromatic rings. The molecule has 2 aliphatic rings. The maximum atomic E-state index is 11.5. The highest BCUT2D eigenvalue weighted by molar-refractivity contribution is 5.99. The largest absolute Gasteiger partial charge is 0.364 e. The first-order valence-corrected chi connectivity index (χ1v) is 4.62. The Morgan fingerprint density at radius 3 is 3.08 bits per heavy atom. The minimum absolute atomic E-state index is 0.175. The average molecular weight is 166 g/mol. The molecular weight excluding hydrogens is 152 g/mol. The smallest absolute Gasteiger partial charge is 0.187 e. The van der Waals surface area contributed by atoms with Crippen LogP contribution in [0.4, 0.5) is 0 Å². The number of rotatable bonds is 0. The summed E-state index contributed by atoms with van der Waals surface area (Å²) in [6.45, 7) is 2.05. The number of ether oxygens (including phenoxy) is 1. The van der Waals surface area contributed by atoms with Crippen molar-refractivity contribution in [3.63, 3.8) is 0 Å². The van der Waals surface area contributed by atoms with Crippen molar-refractivity contribution in [3.8, 4) is 0 Å². The molecule has 66 valence electrons. The third-order valence-corrected chi connectivity index (χ3v) is 2.78. The molecule has 1 saturated heterocycles. The van der Waals surface area contributed by atoms with E-state index in [1.54, 1.807) is 6.08 Å². The van der Waals surface area contributed by atoms with Gasteiger partial charge in [0.15, 0.2) is 5.78 Å². The van der Waals surface area contributed by atoms with E-state index in [0.717, 1.165) is 25.7 Å². The summed E-state index contributed by atoms with van der Waals surface area (Å²) >= 11 is 0. The third kappa shape index (κ3) is 1.11. The topological polar surface area (TPSA) is 26.3 Å². The van der Waals surface area contributed by atoms with Crippen LogP contribution in [0.3, 0.4) is 0 Å². The zero-order valence-corrected chi connectivity index (χ0v) is 7.38. The van der Waals surface area contributed by atoms with Crippen molar-refractivity contribution in [1.82, 2.24) is 0 Å². The van der Waals surface area contributed by atoms with E-state index in [1.807, 2.05) is 13.0 Å². The monoisotopic (exact) mass is 166 g/mol. The highest BCUT2D eigenvalue weighted by atomic mass is 16.5. The zero-order chi connectivity index (χ0) is 8.60. The molecule has 1 aliphatic heterocycles. The molecule has 2 unspecified atom stereocenters. The van der Waals surface area contributed by atoms with Crippen molar-refractivity contribution in [3.05, 3.63) is 12.2 Å². The molecule has 0 saturated carbocycles. The quantitative estimate of drug-likeness (QED) is 0.549. The molecule has 0 aromatic carbocycles. The van der Waals surface area contributed by atoms with E-state index in [0.29, 0.717) is 0 Å². The molecule has 0 amide bonds. The Bertz CT molecular complexity index is 232. The Morgan fingerprint density at radius 2 is 2.50 bits per heavy atom. The molecule has 2 atom stereocenters. The molecule has 2 rings (SSSR count). The van der Waals surface area contributed by atoms with Crippen LogP contribution in [-0.2, 0) is 9.53 Å². The highest BCUT2D eigenvalue weighted by Gasteiger charge is 2.42. The van der Waals surface area contributed by atoms with Crippen molar-refractivity contribution >= 4 is 5.78 Å². The van der Waals surface area contributed by atoms with E-state index in [4.69, 9.17) is 4.74 Å². The van der Waals surface area contributed by atoms with Gasteiger partial charge in [0.2, 0.25) is 0 Å². The minimum atomic E-state index is -0.447. The lowest BCUT2D eigenvalue weighted by Crippen LogP contribution is -2.43. The lowest BCUT2D eigenvalue weighted by Gasteiger charge is -2.35. The van der Waals surface area contributed by atoms with Gasteiger partial charge in [0.25, 0.3) is 0 Å². The molecule has 2 heteroatoms. The molecule has 0 bridgehead atoms. The number of carbonyl (C=O) groups excluding carboxylic acids is 1. The van der Waals surface area contributed by atoms with Crippen LogP contribution in [0.1, 0.15) is 32.6 Å². The van der Waals surface area contributed by atoms with Gasteiger partial charge >= 0.3 is 0 Å². The van der Waals surface area contributed by atoms with Crippen LogP contribution in [0, 0.1) is 0 Å². The van der Waals surface area contributed by atoms with Gasteiger partial charge in [-0.2, -0.15) is 0 Å². The lowest BCUT2D eigenvalue weighted by atomic mass is 9.89. The summed E-state index contributed by atoms with van der Waals surface area (Å²) in [5, 5.41) is 0. The predicted molar refractivity (Wildman–Crippen MR) is 45.9 cm³/mol. The van der Waals surface area contributed by atoms with Crippen molar-refractivity contribution in [1.29, 1.82) is 0 Å². The van der Waals surface area contributed by atoms with E-state index < -0.39 is 5.60 Å². The second-order valence-corrected chi connectivity index (χ2v) is 3.79. The second kappa shape index (κ2) is 2.70. The van der Waals surface area contributed by atoms with Crippen LogP contribution in [-0.4, -0.2) is 17.5 Å². The van der Waals surface area contributed by atoms with E-state index in [-0.39, 0.29) is 11.9 Å². The van der Waals surface area contributed by atoms with Gasteiger partial charge in [0, 0.05) is 6.42 Å². The average Bonchev–Trinajstić information content (AvgIpc) is 2.33. The van der Waals surface area contributed by atoms with Gasteiger partial charge in [-0.3, -0.25) is 4.79 Å². The number of ketones is 1. The standard InChI is InChI=1S/C10H14O2/c1-8-4-2-6-10(12-8)7-3-5-9(10)11/h3,5,8H,2,4,6-7H2,1H3. The summed E-state index contributed by atoms with van der Waals surface area (Å²) in [7, 11) is 0. The third-order valence-electron chi connectivity index (χ3n) is 2.78. The van der Waals surface area contributed by atoms with Crippen LogP contribution in [0.25, 0.3) is 0 Å². The predicted octanol–water partition coefficient (Wildman–Crippen LogP) is 1.84. The Hall–Kier alpha value is -0.630. The van der Waals surface area contributed by atoms with Crippen LogP contribution < -0.4 is 0 Å². The summed E-state index contributed by atoms with van der Waals surface area (Å²) in [5.74, 6) is 0.175. The zero-order valence-electron chi connectivity index (χ0n) is 7.38. The Balaban J connectivity index is 2.15. The minimum Gasteiger partial charge on any atom is -0.364 e. The summed E-state index contributed by atoms with van der Waals surface area (Å²) in [6, 6.07) is 0. The molecule has 2 nitrogen and oxygen atoms in total. The van der Waals surface area contributed by atoms with Gasteiger partial charge in [0.1, 0.15) is 5.60 Å². The van der Waals surface area contributed by atoms with Gasteiger partial charge < -0.3 is 4.74 Å². The molecule has 0 aromatic heterocycles. The van der Waals surface area contributed by atoms with Crippen molar-refractivity contribution in [2.24, 2.45) is 0 Å². The maximum Gasteiger partial charge on any atom is 0.187 e. The summed E-state index contributed by atoms with van der Waals surface area (Å²) in [4.78, 5) is 11.5. The second-order valence-electron chi connectivity index (χ2n) is 3.79. The first kappa shape index (κ1) is 7.99. The van der Waals surface area contributed by atoms with Crippen LogP contribution in [0.5, 0.6) is 0 Å². The molecule has 1 spiro atoms. The normalized spacial score (nSPS) is 41.1. The lowest BCUT2D eigenvalue weighted by molar-refractivity contribution is -0.154. The first-order valence-electron chi connectivity index (χ1n) is 4.62. The first-order chi connectivity index (χ1) is 5.73. The van der Waals surface area contributed by atoms with E-state index in [1.165, 1.54) is 0 Å². The fraction of sp³-hybridized carbons (Fsp3) is 0.700. The fourth-order valence-corrected chi connectivity index (χ4v) is 2.12. The van der Waals surface area contributed by atoms with Crippen molar-refractivity contribution in [2.75, 3.05) is 0 Å². The molecular formula is C10H14O2. The molecule has 0 N–H and O–H groups in total. The van der Waals surface area contributed by atoms with Gasteiger partial charge in [-0.05, 0) is 32.3 Å². The number of hydrogen-bond acceptors (Lipinski definition) is 2. The fourth-order valence-electron chi connectivity index (χ4n) is 2.12. The maximum absolute atomic E-state index is 11.5. The Labute approximate surface area is 72.6 Å². The van der Waals surface area contributed by atoms with E-state index in [2.05, 4.69) is 0 Å². The summed E-state index contributed by atoms with van der Waals surface area (Å²) < 4.78 is 5.73. The highest BCUT2D eigenvalue weighted by Crippen LogP contribution is 2.36.